The molecule has 0 bridgehead atoms. The second kappa shape index (κ2) is 9.85. The number of piperidine rings is 1. The molecule has 1 fully saturated rings. The maximum Gasteiger partial charge on any atom is 0.254 e. The number of hydrogen-bond acceptors (Lipinski definition) is 6. The minimum absolute atomic E-state index is 0.130. The fourth-order valence-electron chi connectivity index (χ4n) is 4.46. The SMILES string of the molecule is COc1cccc(C(=O)N2CCc3nc(N4CCCCC4)nc(Oc4ccc(F)c(F)c4)c3C2)c1. The van der Waals surface area contributed by atoms with Crippen molar-refractivity contribution in [2.24, 2.45) is 0 Å². The van der Waals surface area contributed by atoms with Crippen LogP contribution in [0.3, 0.4) is 0 Å². The lowest BCUT2D eigenvalue weighted by atomic mass is 10.0. The van der Waals surface area contributed by atoms with E-state index < -0.39 is 11.6 Å². The van der Waals surface area contributed by atoms with Gasteiger partial charge in [-0.25, -0.2) is 13.8 Å². The lowest BCUT2D eigenvalue weighted by Gasteiger charge is -2.32. The van der Waals surface area contributed by atoms with Crippen molar-refractivity contribution in [3.8, 4) is 17.4 Å². The van der Waals surface area contributed by atoms with Crippen LogP contribution >= 0.6 is 0 Å². The molecule has 7 nitrogen and oxygen atoms in total. The quantitative estimate of drug-likeness (QED) is 0.525. The van der Waals surface area contributed by atoms with Crippen molar-refractivity contribution in [2.75, 3.05) is 31.6 Å². The Hall–Kier alpha value is -3.75. The van der Waals surface area contributed by atoms with E-state index in [0.717, 1.165) is 43.8 Å². The summed E-state index contributed by atoms with van der Waals surface area (Å²) in [6.45, 7) is 2.43. The smallest absolute Gasteiger partial charge is 0.254 e. The van der Waals surface area contributed by atoms with Gasteiger partial charge in [-0.15, -0.1) is 0 Å². The summed E-state index contributed by atoms with van der Waals surface area (Å²) in [6, 6.07) is 10.4. The van der Waals surface area contributed by atoms with Crippen LogP contribution in [0.25, 0.3) is 0 Å². The largest absolute Gasteiger partial charge is 0.497 e. The summed E-state index contributed by atoms with van der Waals surface area (Å²) in [7, 11) is 1.56. The molecule has 0 spiro atoms. The minimum atomic E-state index is -1.00. The highest BCUT2D eigenvalue weighted by molar-refractivity contribution is 5.94. The van der Waals surface area contributed by atoms with Crippen LogP contribution in [0.15, 0.2) is 42.5 Å². The maximum atomic E-state index is 13.8. The van der Waals surface area contributed by atoms with Gasteiger partial charge < -0.3 is 19.3 Å². The molecule has 0 atom stereocenters. The summed E-state index contributed by atoms with van der Waals surface area (Å²) >= 11 is 0. The lowest BCUT2D eigenvalue weighted by Crippen LogP contribution is -2.37. The van der Waals surface area contributed by atoms with E-state index in [1.54, 1.807) is 36.3 Å². The minimum Gasteiger partial charge on any atom is -0.497 e. The molecule has 1 saturated heterocycles. The molecule has 3 aromatic rings. The van der Waals surface area contributed by atoms with Gasteiger partial charge in [0.1, 0.15) is 11.5 Å². The Bertz CT molecular complexity index is 1250. The number of rotatable bonds is 5. The second-order valence-electron chi connectivity index (χ2n) is 8.69. The zero-order valence-electron chi connectivity index (χ0n) is 19.5. The van der Waals surface area contributed by atoms with Crippen molar-refractivity contribution in [2.45, 2.75) is 32.2 Å². The van der Waals surface area contributed by atoms with Crippen LogP contribution in [-0.2, 0) is 13.0 Å². The van der Waals surface area contributed by atoms with Crippen molar-refractivity contribution in [3.63, 3.8) is 0 Å². The molecule has 9 heteroatoms. The molecule has 5 rings (SSSR count). The summed E-state index contributed by atoms with van der Waals surface area (Å²) in [5, 5.41) is 0. The summed E-state index contributed by atoms with van der Waals surface area (Å²) in [5.41, 5.74) is 1.98. The van der Waals surface area contributed by atoms with Crippen LogP contribution in [0.5, 0.6) is 17.4 Å². The van der Waals surface area contributed by atoms with Gasteiger partial charge in [-0.1, -0.05) is 6.07 Å². The average Bonchev–Trinajstić information content (AvgIpc) is 2.90. The molecule has 2 aliphatic heterocycles. The lowest BCUT2D eigenvalue weighted by molar-refractivity contribution is 0.0731. The highest BCUT2D eigenvalue weighted by Crippen LogP contribution is 2.33. The Morgan fingerprint density at radius 1 is 0.943 bits per heavy atom. The number of aromatic nitrogens is 2. The third-order valence-corrected chi connectivity index (χ3v) is 6.36. The standard InChI is InChI=1S/C26H26F2N4O3/c1-34-18-7-5-6-17(14-18)25(33)32-13-10-23-20(16-32)24(35-19-8-9-21(27)22(28)15-19)30-26(29-23)31-11-3-2-4-12-31/h5-9,14-15H,2-4,10-13,16H2,1H3. The predicted octanol–water partition coefficient (Wildman–Crippen LogP) is 4.74. The molecule has 0 radical (unpaired) electrons. The predicted molar refractivity (Wildman–Crippen MR) is 126 cm³/mol. The number of amides is 1. The van der Waals surface area contributed by atoms with Crippen molar-refractivity contribution in [1.29, 1.82) is 0 Å². The molecule has 3 heterocycles. The van der Waals surface area contributed by atoms with Gasteiger partial charge in [-0.2, -0.15) is 4.98 Å². The molecular weight excluding hydrogens is 454 g/mol. The number of methoxy groups -OCH3 is 1. The molecule has 35 heavy (non-hydrogen) atoms. The average molecular weight is 481 g/mol. The molecule has 182 valence electrons. The van der Waals surface area contributed by atoms with Gasteiger partial charge >= 0.3 is 0 Å². The molecule has 2 aliphatic rings. The summed E-state index contributed by atoms with van der Waals surface area (Å²) in [5.74, 6) is -0.551. The van der Waals surface area contributed by atoms with E-state index in [9.17, 15) is 13.6 Å². The Morgan fingerprint density at radius 2 is 1.77 bits per heavy atom. The monoisotopic (exact) mass is 480 g/mol. The van der Waals surface area contributed by atoms with Crippen LogP contribution in [0.2, 0.25) is 0 Å². The number of ether oxygens (including phenoxy) is 2. The van der Waals surface area contributed by atoms with Gasteiger partial charge in [-0.05, 0) is 49.6 Å². The Balaban J connectivity index is 1.48. The zero-order valence-corrected chi connectivity index (χ0v) is 19.5. The summed E-state index contributed by atoms with van der Waals surface area (Å²) < 4.78 is 38.5. The number of benzene rings is 2. The van der Waals surface area contributed by atoms with Gasteiger partial charge in [0.2, 0.25) is 11.8 Å². The van der Waals surface area contributed by atoms with Gasteiger partial charge in [0.15, 0.2) is 11.6 Å². The first kappa shape index (κ1) is 23.0. The highest BCUT2D eigenvalue weighted by atomic mass is 19.2. The molecule has 0 saturated carbocycles. The maximum absolute atomic E-state index is 13.8. The fourth-order valence-corrected chi connectivity index (χ4v) is 4.46. The van der Waals surface area contributed by atoms with Crippen LogP contribution < -0.4 is 14.4 Å². The van der Waals surface area contributed by atoms with E-state index >= 15 is 0 Å². The first-order valence-corrected chi connectivity index (χ1v) is 11.7. The van der Waals surface area contributed by atoms with Crippen LogP contribution in [-0.4, -0.2) is 47.5 Å². The number of fused-ring (bicyclic) bond motifs is 1. The van der Waals surface area contributed by atoms with E-state index in [0.29, 0.717) is 35.8 Å². The van der Waals surface area contributed by atoms with Gasteiger partial charge in [-0.3, -0.25) is 4.79 Å². The number of halogens is 2. The second-order valence-corrected chi connectivity index (χ2v) is 8.69. The van der Waals surface area contributed by atoms with Crippen molar-refractivity contribution < 1.29 is 23.0 Å². The first-order chi connectivity index (χ1) is 17.0. The number of nitrogens with zero attached hydrogens (tertiary/aromatic N) is 4. The van der Waals surface area contributed by atoms with Crippen LogP contribution in [0.4, 0.5) is 14.7 Å². The Labute approximate surface area is 202 Å². The molecule has 1 aromatic heterocycles. The number of hydrogen-bond donors (Lipinski definition) is 0. The zero-order chi connectivity index (χ0) is 24.4. The van der Waals surface area contributed by atoms with Crippen LogP contribution in [0, 0.1) is 11.6 Å². The Morgan fingerprint density at radius 3 is 2.54 bits per heavy atom. The first-order valence-electron chi connectivity index (χ1n) is 11.7. The normalized spacial score (nSPS) is 15.5. The molecule has 0 aliphatic carbocycles. The highest BCUT2D eigenvalue weighted by Gasteiger charge is 2.29. The number of carbonyl (C=O) groups is 1. The summed E-state index contributed by atoms with van der Waals surface area (Å²) in [4.78, 5) is 26.5. The van der Waals surface area contributed by atoms with Crippen molar-refractivity contribution >= 4 is 11.9 Å². The van der Waals surface area contributed by atoms with Crippen molar-refractivity contribution in [1.82, 2.24) is 14.9 Å². The topological polar surface area (TPSA) is 67.8 Å². The third-order valence-electron chi connectivity index (χ3n) is 6.36. The van der Waals surface area contributed by atoms with E-state index in [1.165, 1.54) is 12.5 Å². The fraction of sp³-hybridized carbons (Fsp3) is 0.346. The van der Waals surface area contributed by atoms with E-state index in [1.807, 2.05) is 0 Å². The number of anilines is 1. The van der Waals surface area contributed by atoms with Gasteiger partial charge in [0.05, 0.1) is 24.9 Å². The van der Waals surface area contributed by atoms with E-state index in [4.69, 9.17) is 14.5 Å². The van der Waals surface area contributed by atoms with Gasteiger partial charge in [0, 0.05) is 37.7 Å². The molecule has 0 N–H and O–H groups in total. The molecular formula is C26H26F2N4O3. The third kappa shape index (κ3) is 4.89. The molecule has 1 amide bonds. The van der Waals surface area contributed by atoms with E-state index in [2.05, 4.69) is 9.88 Å². The van der Waals surface area contributed by atoms with Crippen molar-refractivity contribution in [3.05, 3.63) is 70.9 Å². The van der Waals surface area contributed by atoms with Crippen LogP contribution in [0.1, 0.15) is 40.9 Å². The Kier molecular flexibility index (Phi) is 6.48. The van der Waals surface area contributed by atoms with Gasteiger partial charge in [0.25, 0.3) is 5.91 Å². The number of carbonyl (C=O) groups excluding carboxylic acids is 1. The van der Waals surface area contributed by atoms with E-state index in [-0.39, 0.29) is 24.1 Å². The molecule has 2 aromatic carbocycles. The summed E-state index contributed by atoms with van der Waals surface area (Å²) in [6.07, 6.45) is 3.81. The molecule has 0 unspecified atom stereocenters.